The highest BCUT2D eigenvalue weighted by Gasteiger charge is 2.33. The molecule has 4 heteroatoms. The number of aliphatic hydroxyl groups excluding tert-OH is 1. The van der Waals surface area contributed by atoms with Crippen molar-refractivity contribution < 1.29 is 9.84 Å². The van der Waals surface area contributed by atoms with Crippen LogP contribution in [0.4, 0.5) is 5.69 Å². The van der Waals surface area contributed by atoms with E-state index < -0.39 is 6.10 Å². The Labute approximate surface area is 121 Å². The van der Waals surface area contributed by atoms with Gasteiger partial charge in [0.15, 0.2) is 0 Å². The standard InChI is InChI=1S/C16H26N2O2/c1-10(2)18-9-16(4,5)20-14-7-6-12(8-13(14)18)15(19)11(3)17/h6-8,10-11,15,19H,9,17H2,1-5H3. The van der Waals surface area contributed by atoms with Gasteiger partial charge in [0.05, 0.1) is 18.3 Å². The average Bonchev–Trinajstić information content (AvgIpc) is 2.35. The van der Waals surface area contributed by atoms with E-state index in [0.29, 0.717) is 6.04 Å². The molecule has 1 aliphatic rings. The van der Waals surface area contributed by atoms with Crippen molar-refractivity contribution in [2.24, 2.45) is 5.73 Å². The minimum absolute atomic E-state index is 0.210. The molecule has 0 aromatic heterocycles. The van der Waals surface area contributed by atoms with Crippen LogP contribution in [0, 0.1) is 0 Å². The molecule has 1 aromatic carbocycles. The van der Waals surface area contributed by atoms with Crippen molar-refractivity contribution in [1.29, 1.82) is 0 Å². The first-order valence-corrected chi connectivity index (χ1v) is 7.24. The number of nitrogens with two attached hydrogens (primary N) is 1. The van der Waals surface area contributed by atoms with Gasteiger partial charge in [0.1, 0.15) is 11.4 Å². The van der Waals surface area contributed by atoms with Crippen LogP contribution < -0.4 is 15.4 Å². The van der Waals surface area contributed by atoms with Gasteiger partial charge in [-0.2, -0.15) is 0 Å². The first-order chi connectivity index (χ1) is 9.21. The van der Waals surface area contributed by atoms with Crippen LogP contribution >= 0.6 is 0 Å². The summed E-state index contributed by atoms with van der Waals surface area (Å²) < 4.78 is 6.04. The number of aliphatic hydroxyl groups is 1. The van der Waals surface area contributed by atoms with E-state index in [4.69, 9.17) is 10.5 Å². The van der Waals surface area contributed by atoms with Gasteiger partial charge in [0.2, 0.25) is 0 Å². The summed E-state index contributed by atoms with van der Waals surface area (Å²) in [6.07, 6.45) is -0.649. The van der Waals surface area contributed by atoms with Crippen LogP contribution in [0.25, 0.3) is 0 Å². The number of rotatable bonds is 3. The molecule has 0 saturated heterocycles. The summed E-state index contributed by atoms with van der Waals surface area (Å²) in [6.45, 7) is 11.2. The summed E-state index contributed by atoms with van der Waals surface area (Å²) in [5.74, 6) is 0.871. The van der Waals surface area contributed by atoms with Crippen LogP contribution in [0.2, 0.25) is 0 Å². The SMILES string of the molecule is CC(N)C(O)c1ccc2c(c1)N(C(C)C)CC(C)(C)O2. The van der Waals surface area contributed by atoms with Gasteiger partial charge in [-0.05, 0) is 52.3 Å². The lowest BCUT2D eigenvalue weighted by molar-refractivity contribution is 0.102. The molecule has 0 fully saturated rings. The summed E-state index contributed by atoms with van der Waals surface area (Å²) in [7, 11) is 0. The highest BCUT2D eigenvalue weighted by Crippen LogP contribution is 2.39. The molecule has 0 aliphatic carbocycles. The van der Waals surface area contributed by atoms with Gasteiger partial charge >= 0.3 is 0 Å². The number of ether oxygens (including phenoxy) is 1. The van der Waals surface area contributed by atoms with Gasteiger partial charge in [-0.25, -0.2) is 0 Å². The van der Waals surface area contributed by atoms with Gasteiger partial charge in [-0.15, -0.1) is 0 Å². The van der Waals surface area contributed by atoms with E-state index in [2.05, 4.69) is 32.6 Å². The van der Waals surface area contributed by atoms with E-state index in [0.717, 1.165) is 23.5 Å². The highest BCUT2D eigenvalue weighted by molar-refractivity contribution is 5.63. The summed E-state index contributed by atoms with van der Waals surface area (Å²) in [6, 6.07) is 5.92. The lowest BCUT2D eigenvalue weighted by atomic mass is 9.99. The Morgan fingerprint density at radius 1 is 1.30 bits per heavy atom. The fraction of sp³-hybridized carbons (Fsp3) is 0.625. The van der Waals surface area contributed by atoms with Crippen molar-refractivity contribution in [2.75, 3.05) is 11.4 Å². The van der Waals surface area contributed by atoms with E-state index in [1.54, 1.807) is 0 Å². The maximum absolute atomic E-state index is 10.1. The molecule has 2 atom stereocenters. The number of fused-ring (bicyclic) bond motifs is 1. The molecule has 1 aliphatic heterocycles. The van der Waals surface area contributed by atoms with Gasteiger partial charge < -0.3 is 20.5 Å². The second-order valence-electron chi connectivity index (χ2n) is 6.61. The van der Waals surface area contributed by atoms with E-state index in [9.17, 15) is 5.11 Å². The van der Waals surface area contributed by atoms with Crippen LogP contribution in [0.5, 0.6) is 5.75 Å². The number of nitrogens with zero attached hydrogens (tertiary/aromatic N) is 1. The predicted molar refractivity (Wildman–Crippen MR) is 82.2 cm³/mol. The smallest absolute Gasteiger partial charge is 0.143 e. The van der Waals surface area contributed by atoms with Crippen molar-refractivity contribution in [3.8, 4) is 5.75 Å². The zero-order valence-corrected chi connectivity index (χ0v) is 13.1. The van der Waals surface area contributed by atoms with E-state index in [1.807, 2.05) is 25.1 Å². The zero-order valence-electron chi connectivity index (χ0n) is 13.1. The third-order valence-electron chi connectivity index (χ3n) is 3.69. The monoisotopic (exact) mass is 278 g/mol. The minimum Gasteiger partial charge on any atom is -0.484 e. The third kappa shape index (κ3) is 2.91. The quantitative estimate of drug-likeness (QED) is 0.891. The molecule has 0 bridgehead atoms. The van der Waals surface area contributed by atoms with Crippen LogP contribution in [0.15, 0.2) is 18.2 Å². The lowest BCUT2D eigenvalue weighted by Gasteiger charge is -2.43. The van der Waals surface area contributed by atoms with Crippen LogP contribution in [0.1, 0.15) is 46.3 Å². The molecule has 0 amide bonds. The molecule has 112 valence electrons. The number of hydrogen-bond acceptors (Lipinski definition) is 4. The summed E-state index contributed by atoms with van der Waals surface area (Å²) in [5.41, 5.74) is 7.46. The van der Waals surface area contributed by atoms with Crippen LogP contribution in [0.3, 0.4) is 0 Å². The second-order valence-corrected chi connectivity index (χ2v) is 6.61. The number of hydrogen-bond donors (Lipinski definition) is 2. The van der Waals surface area contributed by atoms with Crippen LogP contribution in [-0.4, -0.2) is 29.3 Å². The molecule has 0 radical (unpaired) electrons. The second kappa shape index (κ2) is 5.26. The summed E-state index contributed by atoms with van der Waals surface area (Å²) in [4.78, 5) is 2.32. The Kier molecular flexibility index (Phi) is 3.98. The Balaban J connectivity index is 2.43. The summed E-state index contributed by atoms with van der Waals surface area (Å²) >= 11 is 0. The highest BCUT2D eigenvalue weighted by atomic mass is 16.5. The Morgan fingerprint density at radius 2 is 1.95 bits per heavy atom. The fourth-order valence-corrected chi connectivity index (χ4v) is 2.62. The van der Waals surface area contributed by atoms with Gasteiger partial charge in [-0.1, -0.05) is 6.07 Å². The largest absolute Gasteiger partial charge is 0.484 e. The molecule has 0 saturated carbocycles. The Bertz CT molecular complexity index is 483. The molecular formula is C16H26N2O2. The van der Waals surface area contributed by atoms with E-state index in [1.165, 1.54) is 0 Å². The Hall–Kier alpha value is -1.26. The number of benzene rings is 1. The van der Waals surface area contributed by atoms with Crippen LogP contribution in [-0.2, 0) is 0 Å². The molecule has 2 unspecified atom stereocenters. The molecular weight excluding hydrogens is 252 g/mol. The maximum Gasteiger partial charge on any atom is 0.143 e. The minimum atomic E-state index is -0.649. The van der Waals surface area contributed by atoms with Crippen molar-refractivity contribution in [1.82, 2.24) is 0 Å². The van der Waals surface area contributed by atoms with Crippen molar-refractivity contribution in [3.63, 3.8) is 0 Å². The first kappa shape index (κ1) is 15.1. The molecule has 1 heterocycles. The zero-order chi connectivity index (χ0) is 15.1. The molecule has 3 N–H and O–H groups in total. The normalized spacial score (nSPS) is 20.3. The Morgan fingerprint density at radius 3 is 2.50 bits per heavy atom. The lowest BCUT2D eigenvalue weighted by Crippen LogP contribution is -2.49. The molecule has 0 spiro atoms. The van der Waals surface area contributed by atoms with E-state index in [-0.39, 0.29) is 11.6 Å². The first-order valence-electron chi connectivity index (χ1n) is 7.24. The molecule has 20 heavy (non-hydrogen) atoms. The van der Waals surface area contributed by atoms with Gasteiger partial charge in [-0.3, -0.25) is 0 Å². The average molecular weight is 278 g/mol. The van der Waals surface area contributed by atoms with E-state index >= 15 is 0 Å². The summed E-state index contributed by atoms with van der Waals surface area (Å²) in [5, 5.41) is 10.1. The maximum atomic E-state index is 10.1. The van der Waals surface area contributed by atoms with Crippen molar-refractivity contribution in [3.05, 3.63) is 23.8 Å². The number of anilines is 1. The molecule has 4 nitrogen and oxygen atoms in total. The fourth-order valence-electron chi connectivity index (χ4n) is 2.62. The van der Waals surface area contributed by atoms with Crippen molar-refractivity contribution >= 4 is 5.69 Å². The molecule has 2 rings (SSSR count). The molecule has 1 aromatic rings. The van der Waals surface area contributed by atoms with Gasteiger partial charge in [0.25, 0.3) is 0 Å². The van der Waals surface area contributed by atoms with Gasteiger partial charge in [0, 0.05) is 12.1 Å². The predicted octanol–water partition coefficient (Wildman–Crippen LogP) is 2.45. The third-order valence-corrected chi connectivity index (χ3v) is 3.69. The van der Waals surface area contributed by atoms with Crippen molar-refractivity contribution in [2.45, 2.75) is 58.4 Å². The topological polar surface area (TPSA) is 58.7 Å².